The molecule has 3 heterocycles. The number of fused-ring (bicyclic) bond motifs is 2. The molecule has 2 aliphatic heterocycles. The normalized spacial score (nSPS) is 20.8. The number of carboxylic acids is 1. The van der Waals surface area contributed by atoms with Gasteiger partial charge in [-0.2, -0.15) is 0 Å². The van der Waals surface area contributed by atoms with Gasteiger partial charge in [0, 0.05) is 48.6 Å². The molecule has 3 aliphatic rings. The van der Waals surface area contributed by atoms with E-state index >= 15 is 4.39 Å². The number of nitrogens with zero attached hydrogens (tertiary/aromatic N) is 2. The molecule has 1 saturated carbocycles. The highest BCUT2D eigenvalue weighted by Gasteiger charge is 2.41. The van der Waals surface area contributed by atoms with Crippen molar-refractivity contribution >= 4 is 5.97 Å². The molecule has 1 N–H and O–H groups in total. The van der Waals surface area contributed by atoms with E-state index in [1.807, 2.05) is 34.6 Å². The van der Waals surface area contributed by atoms with E-state index in [2.05, 4.69) is 35.2 Å². The zero-order valence-corrected chi connectivity index (χ0v) is 25.3. The van der Waals surface area contributed by atoms with E-state index in [1.165, 1.54) is 12.0 Å². The molecule has 3 atom stereocenters. The Bertz CT molecular complexity index is 1510. The van der Waals surface area contributed by atoms with Gasteiger partial charge in [-0.1, -0.05) is 30.3 Å². The fraction of sp³-hybridized carbons (Fsp3) is 0.486. The number of benzene rings is 2. The zero-order chi connectivity index (χ0) is 29.8. The van der Waals surface area contributed by atoms with Crippen molar-refractivity contribution in [2.75, 3.05) is 19.7 Å². The molecule has 0 bridgehead atoms. The van der Waals surface area contributed by atoms with Crippen molar-refractivity contribution in [2.45, 2.75) is 84.5 Å². The van der Waals surface area contributed by atoms with Crippen molar-refractivity contribution in [3.63, 3.8) is 0 Å². The fourth-order valence-electron chi connectivity index (χ4n) is 6.94. The second kappa shape index (κ2) is 11.1. The highest BCUT2D eigenvalue weighted by molar-refractivity contribution is 5.84. The summed E-state index contributed by atoms with van der Waals surface area (Å²) in [7, 11) is 0. The van der Waals surface area contributed by atoms with Gasteiger partial charge in [0.05, 0.1) is 12.2 Å². The van der Waals surface area contributed by atoms with Gasteiger partial charge in [0.25, 0.3) is 0 Å². The highest BCUT2D eigenvalue weighted by Crippen LogP contribution is 2.49. The average Bonchev–Trinajstić information content (AvgIpc) is 3.72. The molecular weight excluding hydrogens is 531 g/mol. The summed E-state index contributed by atoms with van der Waals surface area (Å²) < 4.78 is 27.6. The number of hydrogen-bond donors (Lipinski definition) is 1. The van der Waals surface area contributed by atoms with Gasteiger partial charge in [-0.3, -0.25) is 9.88 Å². The summed E-state index contributed by atoms with van der Waals surface area (Å²) in [5, 5.41) is 10.5. The number of pyridine rings is 1. The molecular formula is C35H41FN2O4. The Morgan fingerprint density at radius 1 is 1.19 bits per heavy atom. The standard InChI is InChI=1S/C35H41FN2O4/c1-20-24-12-9-15-41-32(24)28(36)17-25(20)31-27-19-38(18-23-16-26(23)22-10-7-6-8-11-22)14-13-29(27)37-21(2)30(31)33(34(39)40)42-35(3,4)5/h6-8,10-11,17,23,26,33H,9,12-16,18-19H2,1-5H3,(H,39,40). The van der Waals surface area contributed by atoms with E-state index < -0.39 is 23.5 Å². The van der Waals surface area contributed by atoms with Crippen molar-refractivity contribution < 1.29 is 23.8 Å². The molecule has 7 heteroatoms. The predicted molar refractivity (Wildman–Crippen MR) is 160 cm³/mol. The van der Waals surface area contributed by atoms with Crippen molar-refractivity contribution in [1.82, 2.24) is 9.88 Å². The smallest absolute Gasteiger partial charge is 0.337 e. The summed E-state index contributed by atoms with van der Waals surface area (Å²) in [6, 6.07) is 12.2. The number of carboxylic acid groups (broad SMARTS) is 1. The molecule has 0 spiro atoms. The number of hydrogen-bond acceptors (Lipinski definition) is 5. The maximum atomic E-state index is 15.7. The third-order valence-electron chi connectivity index (χ3n) is 8.96. The lowest BCUT2D eigenvalue weighted by Crippen LogP contribution is -2.35. The lowest BCUT2D eigenvalue weighted by Gasteiger charge is -2.34. The second-order valence-electron chi connectivity index (χ2n) is 13.1. The monoisotopic (exact) mass is 572 g/mol. The molecule has 0 radical (unpaired) electrons. The highest BCUT2D eigenvalue weighted by atomic mass is 19.1. The summed E-state index contributed by atoms with van der Waals surface area (Å²) in [6.07, 6.45) is 2.24. The Morgan fingerprint density at radius 2 is 1.95 bits per heavy atom. The second-order valence-corrected chi connectivity index (χ2v) is 13.1. The minimum absolute atomic E-state index is 0.326. The first-order chi connectivity index (χ1) is 20.0. The lowest BCUT2D eigenvalue weighted by atomic mass is 9.83. The number of rotatable bonds is 7. The number of carbonyl (C=O) groups is 1. The molecule has 0 amide bonds. The van der Waals surface area contributed by atoms with Crippen LogP contribution in [0.25, 0.3) is 11.1 Å². The number of aliphatic carboxylic acids is 1. The van der Waals surface area contributed by atoms with Gasteiger partial charge in [-0.25, -0.2) is 9.18 Å². The summed E-state index contributed by atoms with van der Waals surface area (Å²) in [5.41, 5.74) is 7.05. The zero-order valence-electron chi connectivity index (χ0n) is 25.3. The van der Waals surface area contributed by atoms with Gasteiger partial charge in [-0.15, -0.1) is 0 Å². The van der Waals surface area contributed by atoms with Crippen LogP contribution in [0.15, 0.2) is 36.4 Å². The SMILES string of the molecule is Cc1nc2c(c(-c3cc(F)c4c(c3C)CCCO4)c1C(OC(C)(C)C)C(=O)O)CN(CC1CC1c1ccccc1)CC2. The first-order valence-corrected chi connectivity index (χ1v) is 15.2. The summed E-state index contributed by atoms with van der Waals surface area (Å²) in [5.74, 6) is 0.0108. The lowest BCUT2D eigenvalue weighted by molar-refractivity contribution is -0.160. The summed E-state index contributed by atoms with van der Waals surface area (Å²) in [6.45, 7) is 12.4. The van der Waals surface area contributed by atoms with Gasteiger partial charge >= 0.3 is 5.97 Å². The van der Waals surface area contributed by atoms with Crippen LogP contribution in [0.2, 0.25) is 0 Å². The van der Waals surface area contributed by atoms with Crippen LogP contribution in [0.3, 0.4) is 0 Å². The van der Waals surface area contributed by atoms with Crippen LogP contribution in [0.4, 0.5) is 4.39 Å². The average molecular weight is 573 g/mol. The van der Waals surface area contributed by atoms with E-state index in [4.69, 9.17) is 14.5 Å². The molecule has 0 saturated heterocycles. The largest absolute Gasteiger partial charge is 0.490 e. The molecule has 3 aromatic rings. The number of halogens is 1. The number of aromatic nitrogens is 1. The van der Waals surface area contributed by atoms with Crippen molar-refractivity contribution in [3.05, 3.63) is 81.4 Å². The van der Waals surface area contributed by atoms with Crippen LogP contribution in [-0.4, -0.2) is 46.3 Å². The minimum atomic E-state index is -1.24. The Morgan fingerprint density at radius 3 is 2.67 bits per heavy atom. The van der Waals surface area contributed by atoms with Gasteiger partial charge in [0.15, 0.2) is 17.7 Å². The van der Waals surface area contributed by atoms with Crippen LogP contribution in [0, 0.1) is 25.6 Å². The van der Waals surface area contributed by atoms with Crippen molar-refractivity contribution in [3.8, 4) is 16.9 Å². The number of aryl methyl sites for hydroxylation is 1. The van der Waals surface area contributed by atoms with E-state index in [-0.39, 0.29) is 0 Å². The van der Waals surface area contributed by atoms with Gasteiger partial charge in [-0.05, 0) is 99.6 Å². The maximum Gasteiger partial charge on any atom is 0.337 e. The Labute approximate surface area is 247 Å². The summed E-state index contributed by atoms with van der Waals surface area (Å²) >= 11 is 0. The van der Waals surface area contributed by atoms with Crippen LogP contribution in [0.5, 0.6) is 5.75 Å². The molecule has 1 aliphatic carbocycles. The van der Waals surface area contributed by atoms with Crippen LogP contribution in [-0.2, 0) is 28.9 Å². The predicted octanol–water partition coefficient (Wildman–Crippen LogP) is 6.93. The van der Waals surface area contributed by atoms with E-state index in [1.54, 1.807) is 6.07 Å². The molecule has 3 unspecified atom stereocenters. The maximum absolute atomic E-state index is 15.7. The third kappa shape index (κ3) is 5.57. The third-order valence-corrected chi connectivity index (χ3v) is 8.96. The Hall–Kier alpha value is -3.29. The van der Waals surface area contributed by atoms with Crippen molar-refractivity contribution in [2.24, 2.45) is 5.92 Å². The van der Waals surface area contributed by atoms with Crippen LogP contribution >= 0.6 is 0 Å². The first-order valence-electron chi connectivity index (χ1n) is 15.2. The fourth-order valence-corrected chi connectivity index (χ4v) is 6.94. The molecule has 6 nitrogen and oxygen atoms in total. The van der Waals surface area contributed by atoms with Gasteiger partial charge < -0.3 is 14.6 Å². The van der Waals surface area contributed by atoms with Gasteiger partial charge in [0.2, 0.25) is 0 Å². The quantitative estimate of drug-likeness (QED) is 0.331. The molecule has 222 valence electrons. The molecule has 42 heavy (non-hydrogen) atoms. The molecule has 1 aromatic heterocycles. The molecule has 2 aromatic carbocycles. The molecule has 1 fully saturated rings. The van der Waals surface area contributed by atoms with E-state index in [0.29, 0.717) is 47.6 Å². The first kappa shape index (κ1) is 28.8. The van der Waals surface area contributed by atoms with Crippen molar-refractivity contribution in [1.29, 1.82) is 0 Å². The van der Waals surface area contributed by atoms with Crippen LogP contribution < -0.4 is 4.74 Å². The minimum Gasteiger partial charge on any atom is -0.490 e. The number of ether oxygens (including phenoxy) is 2. The Kier molecular flexibility index (Phi) is 7.60. The van der Waals surface area contributed by atoms with Crippen LogP contribution in [0.1, 0.15) is 84.8 Å². The molecule has 6 rings (SSSR count). The topological polar surface area (TPSA) is 71.9 Å². The Balaban J connectivity index is 1.46. The van der Waals surface area contributed by atoms with E-state index in [0.717, 1.165) is 60.3 Å². The summed E-state index contributed by atoms with van der Waals surface area (Å²) in [4.78, 5) is 20.2. The van der Waals surface area contributed by atoms with E-state index in [9.17, 15) is 9.90 Å². The van der Waals surface area contributed by atoms with Gasteiger partial charge in [0.1, 0.15) is 0 Å².